The van der Waals surface area contributed by atoms with Crippen LogP contribution in [0.2, 0.25) is 0 Å². The first kappa shape index (κ1) is 13.7. The SMILES string of the molecule is O=C(CC1CCCCCN1)c1ccc(F)c(Br)c1. The van der Waals surface area contributed by atoms with Crippen molar-refractivity contribution in [2.24, 2.45) is 0 Å². The van der Waals surface area contributed by atoms with Gasteiger partial charge in [-0.3, -0.25) is 4.79 Å². The molecular weight excluding hydrogens is 297 g/mol. The number of halogens is 2. The van der Waals surface area contributed by atoms with Crippen LogP contribution in [-0.2, 0) is 0 Å². The van der Waals surface area contributed by atoms with Crippen molar-refractivity contribution in [1.29, 1.82) is 0 Å². The predicted molar refractivity (Wildman–Crippen MR) is 73.3 cm³/mol. The molecule has 0 aromatic heterocycles. The van der Waals surface area contributed by atoms with Crippen LogP contribution < -0.4 is 5.32 Å². The van der Waals surface area contributed by atoms with Crippen LogP contribution in [0.3, 0.4) is 0 Å². The van der Waals surface area contributed by atoms with E-state index in [1.165, 1.54) is 25.3 Å². The third-order valence-corrected chi connectivity index (χ3v) is 3.94. The van der Waals surface area contributed by atoms with Gasteiger partial charge in [0.05, 0.1) is 4.47 Å². The van der Waals surface area contributed by atoms with Crippen molar-refractivity contribution in [2.75, 3.05) is 6.54 Å². The number of Topliss-reactive ketones (excluding diaryl/α,β-unsaturated/α-hetero) is 1. The van der Waals surface area contributed by atoms with Gasteiger partial charge < -0.3 is 5.32 Å². The zero-order valence-electron chi connectivity index (χ0n) is 10.2. The van der Waals surface area contributed by atoms with Crippen LogP contribution >= 0.6 is 15.9 Å². The number of carbonyl (C=O) groups excluding carboxylic acids is 1. The highest BCUT2D eigenvalue weighted by molar-refractivity contribution is 9.10. The number of nitrogens with one attached hydrogen (secondary N) is 1. The number of hydrogen-bond acceptors (Lipinski definition) is 2. The Morgan fingerprint density at radius 3 is 3.00 bits per heavy atom. The lowest BCUT2D eigenvalue weighted by Crippen LogP contribution is -2.30. The standard InChI is InChI=1S/C14H17BrFNO/c15-12-8-10(5-6-13(12)16)14(18)9-11-4-2-1-3-7-17-11/h5-6,8,11,17H,1-4,7,9H2. The summed E-state index contributed by atoms with van der Waals surface area (Å²) in [6, 6.07) is 4.72. The molecule has 0 saturated carbocycles. The first-order valence-corrected chi connectivity index (χ1v) is 7.18. The maximum absolute atomic E-state index is 13.1. The van der Waals surface area contributed by atoms with E-state index >= 15 is 0 Å². The molecule has 1 aromatic carbocycles. The third-order valence-electron chi connectivity index (χ3n) is 3.34. The van der Waals surface area contributed by atoms with Gasteiger partial charge in [0.1, 0.15) is 5.82 Å². The summed E-state index contributed by atoms with van der Waals surface area (Å²) >= 11 is 3.11. The normalized spacial score (nSPS) is 20.4. The molecule has 1 saturated heterocycles. The van der Waals surface area contributed by atoms with Gasteiger partial charge >= 0.3 is 0 Å². The van der Waals surface area contributed by atoms with Crippen LogP contribution in [0.4, 0.5) is 4.39 Å². The van der Waals surface area contributed by atoms with Gasteiger partial charge in [-0.25, -0.2) is 4.39 Å². The second-order valence-corrected chi connectivity index (χ2v) is 5.61. The van der Waals surface area contributed by atoms with Crippen LogP contribution in [0.1, 0.15) is 42.5 Å². The summed E-state index contributed by atoms with van der Waals surface area (Å²) in [4.78, 5) is 12.1. The minimum Gasteiger partial charge on any atom is -0.314 e. The predicted octanol–water partition coefficient (Wildman–Crippen LogP) is 3.69. The largest absolute Gasteiger partial charge is 0.314 e. The molecule has 0 bridgehead atoms. The lowest BCUT2D eigenvalue weighted by Gasteiger charge is -2.14. The molecule has 1 atom stereocenters. The maximum Gasteiger partial charge on any atom is 0.164 e. The van der Waals surface area contributed by atoms with E-state index in [0.29, 0.717) is 16.5 Å². The van der Waals surface area contributed by atoms with Crippen molar-refractivity contribution in [2.45, 2.75) is 38.1 Å². The number of benzene rings is 1. The Bertz CT molecular complexity index is 428. The van der Waals surface area contributed by atoms with E-state index in [2.05, 4.69) is 21.2 Å². The highest BCUT2D eigenvalue weighted by Gasteiger charge is 2.17. The van der Waals surface area contributed by atoms with Gasteiger partial charge in [-0.1, -0.05) is 12.8 Å². The van der Waals surface area contributed by atoms with Crippen LogP contribution in [0.5, 0.6) is 0 Å². The first-order chi connectivity index (χ1) is 8.66. The Kier molecular flexibility index (Phi) is 4.89. The molecule has 4 heteroatoms. The molecule has 1 N–H and O–H groups in total. The topological polar surface area (TPSA) is 29.1 Å². The van der Waals surface area contributed by atoms with Crippen molar-refractivity contribution in [3.05, 3.63) is 34.1 Å². The average Bonchev–Trinajstić information content (AvgIpc) is 2.61. The molecule has 1 unspecified atom stereocenters. The summed E-state index contributed by atoms with van der Waals surface area (Å²) in [5, 5.41) is 3.40. The Hall–Kier alpha value is -0.740. The van der Waals surface area contributed by atoms with Gasteiger partial charge in [0.15, 0.2) is 5.78 Å². The van der Waals surface area contributed by atoms with E-state index in [1.807, 2.05) is 0 Å². The van der Waals surface area contributed by atoms with Crippen LogP contribution in [0.15, 0.2) is 22.7 Å². The van der Waals surface area contributed by atoms with Crippen LogP contribution in [0.25, 0.3) is 0 Å². The molecule has 0 amide bonds. The fourth-order valence-electron chi connectivity index (χ4n) is 2.29. The third kappa shape index (κ3) is 3.62. The smallest absolute Gasteiger partial charge is 0.164 e. The summed E-state index contributed by atoms with van der Waals surface area (Å²) in [5.41, 5.74) is 0.578. The zero-order valence-corrected chi connectivity index (χ0v) is 11.8. The number of carbonyl (C=O) groups is 1. The fraction of sp³-hybridized carbons (Fsp3) is 0.500. The fourth-order valence-corrected chi connectivity index (χ4v) is 2.67. The maximum atomic E-state index is 13.1. The van der Waals surface area contributed by atoms with E-state index in [0.717, 1.165) is 13.0 Å². The van der Waals surface area contributed by atoms with E-state index < -0.39 is 0 Å². The number of ketones is 1. The number of hydrogen-bond donors (Lipinski definition) is 1. The van der Waals surface area contributed by atoms with Gasteiger partial charge in [-0.05, 0) is 53.5 Å². The minimum absolute atomic E-state index is 0.0788. The molecule has 1 aromatic rings. The molecule has 98 valence electrons. The molecule has 18 heavy (non-hydrogen) atoms. The number of rotatable bonds is 3. The molecule has 1 aliphatic rings. The summed E-state index contributed by atoms with van der Waals surface area (Å²) in [7, 11) is 0. The highest BCUT2D eigenvalue weighted by atomic mass is 79.9. The molecule has 0 spiro atoms. The Morgan fingerprint density at radius 2 is 2.22 bits per heavy atom. The summed E-state index contributed by atoms with van der Waals surface area (Å²) < 4.78 is 13.5. The summed E-state index contributed by atoms with van der Waals surface area (Å²) in [6.07, 6.45) is 5.15. The molecule has 0 radical (unpaired) electrons. The second-order valence-electron chi connectivity index (χ2n) is 4.76. The monoisotopic (exact) mass is 313 g/mol. The van der Waals surface area contributed by atoms with Crippen molar-refractivity contribution in [3.8, 4) is 0 Å². The highest BCUT2D eigenvalue weighted by Crippen LogP contribution is 2.19. The van der Waals surface area contributed by atoms with E-state index in [4.69, 9.17) is 0 Å². The van der Waals surface area contributed by atoms with Crippen LogP contribution in [0, 0.1) is 5.82 Å². The van der Waals surface area contributed by atoms with Gasteiger partial charge in [0.25, 0.3) is 0 Å². The van der Waals surface area contributed by atoms with E-state index in [-0.39, 0.29) is 17.6 Å². The second kappa shape index (κ2) is 6.43. The lowest BCUT2D eigenvalue weighted by atomic mass is 10.0. The van der Waals surface area contributed by atoms with Crippen molar-refractivity contribution in [3.63, 3.8) is 0 Å². The summed E-state index contributed by atoms with van der Waals surface area (Å²) in [6.45, 7) is 0.991. The molecule has 1 heterocycles. The Balaban J connectivity index is 1.99. The summed E-state index contributed by atoms with van der Waals surface area (Å²) in [5.74, 6) is -0.255. The molecule has 2 rings (SSSR count). The van der Waals surface area contributed by atoms with Crippen molar-refractivity contribution in [1.82, 2.24) is 5.32 Å². The lowest BCUT2D eigenvalue weighted by molar-refractivity contribution is 0.0968. The van der Waals surface area contributed by atoms with Gasteiger partial charge in [0, 0.05) is 18.0 Å². The molecular formula is C14H17BrFNO. The van der Waals surface area contributed by atoms with Gasteiger partial charge in [0.2, 0.25) is 0 Å². The molecule has 0 aliphatic carbocycles. The Morgan fingerprint density at radius 1 is 1.39 bits per heavy atom. The minimum atomic E-state index is -0.334. The quantitative estimate of drug-likeness (QED) is 0.862. The average molecular weight is 314 g/mol. The zero-order chi connectivity index (χ0) is 13.0. The molecule has 1 aliphatic heterocycles. The van der Waals surface area contributed by atoms with Crippen molar-refractivity contribution < 1.29 is 9.18 Å². The molecule has 1 fully saturated rings. The molecule has 2 nitrogen and oxygen atoms in total. The van der Waals surface area contributed by atoms with Crippen LogP contribution in [-0.4, -0.2) is 18.4 Å². The Labute approximate surface area is 115 Å². The van der Waals surface area contributed by atoms with Gasteiger partial charge in [-0.15, -0.1) is 0 Å². The van der Waals surface area contributed by atoms with Crippen molar-refractivity contribution >= 4 is 21.7 Å². The first-order valence-electron chi connectivity index (χ1n) is 6.38. The van der Waals surface area contributed by atoms with E-state index in [9.17, 15) is 9.18 Å². The van der Waals surface area contributed by atoms with Gasteiger partial charge in [-0.2, -0.15) is 0 Å². The van der Waals surface area contributed by atoms with E-state index in [1.54, 1.807) is 12.1 Å².